The number of hydrogen-bond acceptors (Lipinski definition) is 6. The first-order chi connectivity index (χ1) is 12.6. The Hall–Kier alpha value is -2.51. The largest absolute Gasteiger partial charge is 0.378 e. The van der Waals surface area contributed by atoms with E-state index >= 15 is 0 Å². The van der Waals surface area contributed by atoms with Crippen LogP contribution in [0.2, 0.25) is 0 Å². The molecule has 1 aliphatic rings. The van der Waals surface area contributed by atoms with Gasteiger partial charge in [-0.1, -0.05) is 12.1 Å². The van der Waals surface area contributed by atoms with Gasteiger partial charge in [0, 0.05) is 37.6 Å². The molecule has 6 nitrogen and oxygen atoms in total. The maximum absolute atomic E-state index is 12.2. The summed E-state index contributed by atoms with van der Waals surface area (Å²) in [5.74, 6) is 0.969. The Labute approximate surface area is 156 Å². The third-order valence-corrected chi connectivity index (χ3v) is 5.57. The monoisotopic (exact) mass is 368 g/mol. The molecule has 0 bridgehead atoms. The lowest BCUT2D eigenvalue weighted by atomic mass is 10.1. The minimum Gasteiger partial charge on any atom is -0.378 e. The van der Waals surface area contributed by atoms with E-state index in [2.05, 4.69) is 20.9 Å². The van der Waals surface area contributed by atoms with Gasteiger partial charge in [-0.2, -0.15) is 0 Å². The van der Waals surface area contributed by atoms with Crippen molar-refractivity contribution < 1.29 is 9.53 Å². The average molecular weight is 368 g/mol. The zero-order valence-corrected chi connectivity index (χ0v) is 15.6. The summed E-state index contributed by atoms with van der Waals surface area (Å²) in [6.07, 6.45) is 1.62. The van der Waals surface area contributed by atoms with E-state index < -0.39 is 0 Å². The molecule has 3 heterocycles. The molecule has 1 aromatic carbocycles. The molecule has 0 N–H and O–H groups in total. The Morgan fingerprint density at radius 1 is 1.19 bits per heavy atom. The number of carbonyl (C=O) groups is 1. The van der Waals surface area contributed by atoms with Crippen LogP contribution in [0.1, 0.15) is 10.4 Å². The van der Waals surface area contributed by atoms with Crippen molar-refractivity contribution in [2.75, 3.05) is 45.3 Å². The standard InChI is InChI=1S/C19H20N4O2S/c1-22(2)19(24)14-5-3-4-13(10-14)16-11-15-17(26-16)18(21-12-20-15)23-6-8-25-9-7-23/h3-5,10-12H,6-9H2,1-2H3. The average Bonchev–Trinajstić information content (AvgIpc) is 3.12. The van der Waals surface area contributed by atoms with Crippen LogP contribution in [0.4, 0.5) is 5.82 Å². The van der Waals surface area contributed by atoms with Crippen LogP contribution < -0.4 is 4.90 Å². The second-order valence-corrected chi connectivity index (χ2v) is 7.45. The third-order valence-electron chi connectivity index (χ3n) is 4.40. The second kappa shape index (κ2) is 7.01. The van der Waals surface area contributed by atoms with E-state index in [1.165, 1.54) is 0 Å². The number of anilines is 1. The number of morpholine rings is 1. The van der Waals surface area contributed by atoms with Crippen LogP contribution in [0.5, 0.6) is 0 Å². The minimum absolute atomic E-state index is 0.00163. The van der Waals surface area contributed by atoms with Crippen LogP contribution in [-0.4, -0.2) is 61.2 Å². The number of thiophene rings is 1. The first-order valence-electron chi connectivity index (χ1n) is 8.53. The number of amides is 1. The van der Waals surface area contributed by atoms with Gasteiger partial charge in [-0.05, 0) is 23.8 Å². The quantitative estimate of drug-likeness (QED) is 0.711. The molecule has 0 unspecified atom stereocenters. The normalized spacial score (nSPS) is 14.6. The van der Waals surface area contributed by atoms with Crippen LogP contribution in [0.25, 0.3) is 20.7 Å². The summed E-state index contributed by atoms with van der Waals surface area (Å²) < 4.78 is 6.52. The molecule has 0 atom stereocenters. The molecule has 1 fully saturated rings. The molecule has 1 aliphatic heterocycles. The number of carbonyl (C=O) groups excluding carboxylic acids is 1. The molecule has 0 saturated carbocycles. The maximum Gasteiger partial charge on any atom is 0.253 e. The Balaban J connectivity index is 1.74. The highest BCUT2D eigenvalue weighted by Gasteiger charge is 2.18. The van der Waals surface area contributed by atoms with Gasteiger partial charge in [0.15, 0.2) is 0 Å². The summed E-state index contributed by atoms with van der Waals surface area (Å²) >= 11 is 1.67. The molecule has 26 heavy (non-hydrogen) atoms. The smallest absolute Gasteiger partial charge is 0.253 e. The molecule has 7 heteroatoms. The molecule has 2 aromatic heterocycles. The van der Waals surface area contributed by atoms with Gasteiger partial charge in [-0.15, -0.1) is 11.3 Å². The molecule has 0 aliphatic carbocycles. The third kappa shape index (κ3) is 3.15. The summed E-state index contributed by atoms with van der Waals surface area (Å²) in [4.78, 5) is 26.1. The summed E-state index contributed by atoms with van der Waals surface area (Å²) in [6, 6.07) is 9.81. The van der Waals surface area contributed by atoms with Crippen LogP contribution in [0, 0.1) is 0 Å². The Bertz CT molecular complexity index is 948. The van der Waals surface area contributed by atoms with Crippen molar-refractivity contribution in [3.63, 3.8) is 0 Å². The number of ether oxygens (including phenoxy) is 1. The van der Waals surface area contributed by atoms with Gasteiger partial charge in [0.05, 0.1) is 23.4 Å². The van der Waals surface area contributed by atoms with Crippen molar-refractivity contribution in [3.8, 4) is 10.4 Å². The van der Waals surface area contributed by atoms with Crippen molar-refractivity contribution in [2.45, 2.75) is 0 Å². The molecular weight excluding hydrogens is 348 g/mol. The lowest BCUT2D eigenvalue weighted by Gasteiger charge is -2.27. The molecule has 0 spiro atoms. The van der Waals surface area contributed by atoms with Crippen molar-refractivity contribution in [1.82, 2.24) is 14.9 Å². The number of nitrogens with zero attached hydrogens (tertiary/aromatic N) is 4. The Morgan fingerprint density at radius 3 is 2.77 bits per heavy atom. The fourth-order valence-electron chi connectivity index (χ4n) is 3.05. The second-order valence-electron chi connectivity index (χ2n) is 6.40. The van der Waals surface area contributed by atoms with Gasteiger partial charge in [0.1, 0.15) is 12.1 Å². The van der Waals surface area contributed by atoms with Gasteiger partial charge < -0.3 is 14.5 Å². The van der Waals surface area contributed by atoms with Crippen LogP contribution in [-0.2, 0) is 4.74 Å². The summed E-state index contributed by atoms with van der Waals surface area (Å²) in [5.41, 5.74) is 2.64. The minimum atomic E-state index is 0.00163. The zero-order chi connectivity index (χ0) is 18.1. The van der Waals surface area contributed by atoms with Gasteiger partial charge in [0.25, 0.3) is 5.91 Å². The molecule has 134 valence electrons. The number of hydrogen-bond donors (Lipinski definition) is 0. The van der Waals surface area contributed by atoms with E-state index in [1.807, 2.05) is 24.3 Å². The Kier molecular flexibility index (Phi) is 4.57. The van der Waals surface area contributed by atoms with Crippen LogP contribution >= 0.6 is 11.3 Å². The molecule has 4 rings (SSSR count). The molecular formula is C19H20N4O2S. The van der Waals surface area contributed by atoms with Gasteiger partial charge in [0.2, 0.25) is 0 Å². The molecule has 3 aromatic rings. The van der Waals surface area contributed by atoms with E-state index in [-0.39, 0.29) is 5.91 Å². The van der Waals surface area contributed by atoms with E-state index in [9.17, 15) is 4.79 Å². The maximum atomic E-state index is 12.2. The number of rotatable bonds is 3. The van der Waals surface area contributed by atoms with Gasteiger partial charge >= 0.3 is 0 Å². The topological polar surface area (TPSA) is 58.6 Å². The summed E-state index contributed by atoms with van der Waals surface area (Å²) in [6.45, 7) is 3.12. The molecule has 0 radical (unpaired) electrons. The van der Waals surface area contributed by atoms with E-state index in [0.29, 0.717) is 5.56 Å². The first kappa shape index (κ1) is 16.9. The lowest BCUT2D eigenvalue weighted by molar-refractivity contribution is 0.0827. The summed E-state index contributed by atoms with van der Waals surface area (Å²) in [5, 5.41) is 0. The highest BCUT2D eigenvalue weighted by atomic mass is 32.1. The summed E-state index contributed by atoms with van der Waals surface area (Å²) in [7, 11) is 3.53. The number of benzene rings is 1. The predicted molar refractivity (Wildman–Crippen MR) is 104 cm³/mol. The SMILES string of the molecule is CN(C)C(=O)c1cccc(-c2cc3ncnc(N4CCOCC4)c3s2)c1. The highest BCUT2D eigenvalue weighted by molar-refractivity contribution is 7.22. The van der Waals surface area contributed by atoms with Crippen molar-refractivity contribution >= 4 is 33.3 Å². The Morgan fingerprint density at radius 2 is 2.00 bits per heavy atom. The first-order valence-corrected chi connectivity index (χ1v) is 9.34. The highest BCUT2D eigenvalue weighted by Crippen LogP contribution is 2.37. The van der Waals surface area contributed by atoms with Gasteiger partial charge in [-0.25, -0.2) is 9.97 Å². The van der Waals surface area contributed by atoms with E-state index in [1.54, 1.807) is 36.7 Å². The van der Waals surface area contributed by atoms with Crippen LogP contribution in [0.3, 0.4) is 0 Å². The fourth-order valence-corrected chi connectivity index (χ4v) is 4.17. The number of fused-ring (bicyclic) bond motifs is 1. The molecule has 1 amide bonds. The lowest BCUT2D eigenvalue weighted by Crippen LogP contribution is -2.36. The van der Waals surface area contributed by atoms with Crippen molar-refractivity contribution in [2.24, 2.45) is 0 Å². The van der Waals surface area contributed by atoms with E-state index in [0.717, 1.165) is 52.8 Å². The van der Waals surface area contributed by atoms with Gasteiger partial charge in [-0.3, -0.25) is 4.79 Å². The number of aromatic nitrogens is 2. The van der Waals surface area contributed by atoms with E-state index in [4.69, 9.17) is 4.74 Å². The zero-order valence-electron chi connectivity index (χ0n) is 14.8. The van der Waals surface area contributed by atoms with Crippen molar-refractivity contribution in [1.29, 1.82) is 0 Å². The molecule has 1 saturated heterocycles. The fraction of sp³-hybridized carbons (Fsp3) is 0.316. The predicted octanol–water partition coefficient (Wildman–Crippen LogP) is 2.90. The van der Waals surface area contributed by atoms with Crippen molar-refractivity contribution in [3.05, 3.63) is 42.2 Å². The van der Waals surface area contributed by atoms with Crippen LogP contribution in [0.15, 0.2) is 36.7 Å².